The Morgan fingerprint density at radius 2 is 2.24 bits per heavy atom. The molecule has 1 heterocycles. The van der Waals surface area contributed by atoms with Crippen LogP contribution in [0.5, 0.6) is 0 Å². The van der Waals surface area contributed by atoms with Crippen molar-refractivity contribution in [2.24, 2.45) is 0 Å². The number of hydrogen-bond donors (Lipinski definition) is 2. The molecule has 116 valence electrons. The maximum absolute atomic E-state index is 12.4. The monoisotopic (exact) mass is 307 g/mol. The molecule has 2 atom stereocenters. The van der Waals surface area contributed by atoms with Gasteiger partial charge in [-0.1, -0.05) is 26.3 Å². The molecule has 2 unspecified atom stereocenters. The number of pyridine rings is 1. The highest BCUT2D eigenvalue weighted by Gasteiger charge is 2.28. The van der Waals surface area contributed by atoms with Crippen LogP contribution in [0.15, 0.2) is 18.2 Å². The number of anilines is 1. The van der Waals surface area contributed by atoms with Gasteiger partial charge < -0.3 is 10.6 Å². The minimum Gasteiger partial charge on any atom is -0.370 e. The summed E-state index contributed by atoms with van der Waals surface area (Å²) in [4.78, 5) is 16.8. The van der Waals surface area contributed by atoms with Crippen LogP contribution in [0, 0.1) is 0 Å². The number of hydrogen-bond acceptors (Lipinski definition) is 4. The number of carbonyl (C=O) groups is 1. The molecule has 2 rings (SSSR count). The van der Waals surface area contributed by atoms with E-state index in [0.717, 1.165) is 31.0 Å². The summed E-state index contributed by atoms with van der Waals surface area (Å²) in [5, 5.41) is 6.94. The molecule has 0 radical (unpaired) electrons. The van der Waals surface area contributed by atoms with Gasteiger partial charge in [-0.25, -0.2) is 4.98 Å². The minimum atomic E-state index is -0.0521. The van der Waals surface area contributed by atoms with Crippen molar-refractivity contribution in [3.63, 3.8) is 0 Å². The molecule has 1 aromatic rings. The van der Waals surface area contributed by atoms with Crippen LogP contribution in [0.2, 0.25) is 0 Å². The number of aromatic nitrogens is 1. The van der Waals surface area contributed by atoms with Gasteiger partial charge in [0.25, 0.3) is 5.91 Å². The smallest absolute Gasteiger partial charge is 0.270 e. The number of rotatable bonds is 7. The largest absolute Gasteiger partial charge is 0.370 e. The first-order valence-electron chi connectivity index (χ1n) is 7.88. The lowest BCUT2D eigenvalue weighted by Gasteiger charge is -2.20. The number of nitrogens with one attached hydrogen (secondary N) is 2. The fourth-order valence-corrected chi connectivity index (χ4v) is 3.86. The summed E-state index contributed by atoms with van der Waals surface area (Å²) in [5.41, 5.74) is 0.503. The van der Waals surface area contributed by atoms with Gasteiger partial charge in [-0.05, 0) is 37.1 Å². The van der Waals surface area contributed by atoms with Crippen LogP contribution in [0.3, 0.4) is 0 Å². The van der Waals surface area contributed by atoms with Crippen molar-refractivity contribution in [1.29, 1.82) is 0 Å². The molecule has 0 saturated heterocycles. The SMILES string of the molecule is CCCNc1cccc(C(=O)NC2CCCC2SCC)n1. The summed E-state index contributed by atoms with van der Waals surface area (Å²) in [6.45, 7) is 5.15. The molecule has 0 spiro atoms. The molecule has 1 saturated carbocycles. The molecule has 2 N–H and O–H groups in total. The van der Waals surface area contributed by atoms with Crippen LogP contribution in [-0.4, -0.2) is 34.5 Å². The average Bonchev–Trinajstić information content (AvgIpc) is 2.93. The van der Waals surface area contributed by atoms with Crippen LogP contribution >= 0.6 is 11.8 Å². The molecule has 1 fully saturated rings. The van der Waals surface area contributed by atoms with Crippen molar-refractivity contribution >= 4 is 23.5 Å². The summed E-state index contributed by atoms with van der Waals surface area (Å²) in [6, 6.07) is 5.85. The Morgan fingerprint density at radius 1 is 1.38 bits per heavy atom. The summed E-state index contributed by atoms with van der Waals surface area (Å²) >= 11 is 1.95. The molecule has 21 heavy (non-hydrogen) atoms. The van der Waals surface area contributed by atoms with Crippen LogP contribution < -0.4 is 10.6 Å². The lowest BCUT2D eigenvalue weighted by molar-refractivity contribution is 0.0934. The van der Waals surface area contributed by atoms with Crippen molar-refractivity contribution in [3.8, 4) is 0 Å². The Hall–Kier alpha value is -1.23. The van der Waals surface area contributed by atoms with Crippen molar-refractivity contribution < 1.29 is 4.79 Å². The van der Waals surface area contributed by atoms with E-state index in [9.17, 15) is 4.79 Å². The highest BCUT2D eigenvalue weighted by molar-refractivity contribution is 7.99. The second-order valence-corrected chi connectivity index (χ2v) is 6.86. The van der Waals surface area contributed by atoms with E-state index in [2.05, 4.69) is 29.5 Å². The van der Waals surface area contributed by atoms with E-state index in [0.29, 0.717) is 10.9 Å². The van der Waals surface area contributed by atoms with Crippen LogP contribution in [0.4, 0.5) is 5.82 Å². The van der Waals surface area contributed by atoms with E-state index in [1.54, 1.807) is 6.07 Å². The first-order chi connectivity index (χ1) is 10.2. The standard InChI is InChI=1S/C16H25N3OS/c1-3-11-17-15-10-6-8-13(18-15)16(20)19-12-7-5-9-14(12)21-4-2/h6,8,10,12,14H,3-5,7,9,11H2,1-2H3,(H,17,18)(H,19,20). The van der Waals surface area contributed by atoms with E-state index in [1.807, 2.05) is 23.9 Å². The molecule has 1 aliphatic carbocycles. The minimum absolute atomic E-state index is 0.0521. The molecule has 0 aliphatic heterocycles. The molecule has 1 aromatic heterocycles. The maximum atomic E-state index is 12.4. The number of carbonyl (C=O) groups excluding carboxylic acids is 1. The fraction of sp³-hybridized carbons (Fsp3) is 0.625. The van der Waals surface area contributed by atoms with E-state index in [-0.39, 0.29) is 11.9 Å². The summed E-state index contributed by atoms with van der Waals surface area (Å²) in [5.74, 6) is 1.82. The van der Waals surface area contributed by atoms with Crippen molar-refractivity contribution in [2.45, 2.75) is 50.8 Å². The highest BCUT2D eigenvalue weighted by atomic mass is 32.2. The zero-order valence-corrected chi connectivity index (χ0v) is 13.7. The summed E-state index contributed by atoms with van der Waals surface area (Å²) < 4.78 is 0. The first kappa shape index (κ1) is 16.1. The van der Waals surface area contributed by atoms with Crippen LogP contribution in [0.1, 0.15) is 50.0 Å². The third kappa shape index (κ3) is 4.63. The molecular weight excluding hydrogens is 282 g/mol. The molecule has 0 aromatic carbocycles. The fourth-order valence-electron chi connectivity index (χ4n) is 2.66. The van der Waals surface area contributed by atoms with Gasteiger partial charge >= 0.3 is 0 Å². The summed E-state index contributed by atoms with van der Waals surface area (Å²) in [7, 11) is 0. The number of amides is 1. The molecule has 5 heteroatoms. The number of thioether (sulfide) groups is 1. The lowest BCUT2D eigenvalue weighted by atomic mass is 10.2. The normalized spacial score (nSPS) is 21.2. The summed E-state index contributed by atoms with van der Waals surface area (Å²) in [6.07, 6.45) is 4.52. The molecule has 4 nitrogen and oxygen atoms in total. The topological polar surface area (TPSA) is 54.0 Å². The predicted octanol–water partition coefficient (Wildman–Crippen LogP) is 3.31. The van der Waals surface area contributed by atoms with Gasteiger partial charge in [0.05, 0.1) is 0 Å². The van der Waals surface area contributed by atoms with Crippen LogP contribution in [-0.2, 0) is 0 Å². The second-order valence-electron chi connectivity index (χ2n) is 5.34. The Labute approximate surface area is 131 Å². The Balaban J connectivity index is 1.96. The molecule has 1 aliphatic rings. The van der Waals surface area contributed by atoms with Gasteiger partial charge in [-0.3, -0.25) is 4.79 Å². The Morgan fingerprint density at radius 3 is 3.00 bits per heavy atom. The maximum Gasteiger partial charge on any atom is 0.270 e. The van der Waals surface area contributed by atoms with Gasteiger partial charge in [0.1, 0.15) is 11.5 Å². The Bertz CT molecular complexity index is 467. The van der Waals surface area contributed by atoms with Gasteiger partial charge in [0.15, 0.2) is 0 Å². The quantitative estimate of drug-likeness (QED) is 0.811. The molecule has 0 bridgehead atoms. The average molecular weight is 307 g/mol. The van der Waals surface area contributed by atoms with E-state index >= 15 is 0 Å². The Kier molecular flexibility index (Phi) is 6.36. The van der Waals surface area contributed by atoms with E-state index < -0.39 is 0 Å². The van der Waals surface area contributed by atoms with Gasteiger partial charge in [0, 0.05) is 17.8 Å². The highest BCUT2D eigenvalue weighted by Crippen LogP contribution is 2.30. The lowest BCUT2D eigenvalue weighted by Crippen LogP contribution is -2.39. The van der Waals surface area contributed by atoms with Crippen molar-refractivity contribution in [3.05, 3.63) is 23.9 Å². The van der Waals surface area contributed by atoms with Gasteiger partial charge in [0.2, 0.25) is 0 Å². The van der Waals surface area contributed by atoms with E-state index in [1.165, 1.54) is 12.8 Å². The van der Waals surface area contributed by atoms with Crippen LogP contribution in [0.25, 0.3) is 0 Å². The third-order valence-corrected chi connectivity index (χ3v) is 5.01. The van der Waals surface area contributed by atoms with E-state index in [4.69, 9.17) is 0 Å². The molecular formula is C16H25N3OS. The number of nitrogens with zero attached hydrogens (tertiary/aromatic N) is 1. The van der Waals surface area contributed by atoms with Gasteiger partial charge in [-0.15, -0.1) is 0 Å². The zero-order chi connectivity index (χ0) is 15.1. The van der Waals surface area contributed by atoms with Crippen molar-refractivity contribution in [1.82, 2.24) is 10.3 Å². The third-order valence-electron chi connectivity index (χ3n) is 3.69. The van der Waals surface area contributed by atoms with Gasteiger partial charge in [-0.2, -0.15) is 11.8 Å². The first-order valence-corrected chi connectivity index (χ1v) is 8.92. The zero-order valence-electron chi connectivity index (χ0n) is 12.9. The second kappa shape index (κ2) is 8.27. The van der Waals surface area contributed by atoms with Crippen molar-refractivity contribution in [2.75, 3.05) is 17.6 Å². The predicted molar refractivity (Wildman–Crippen MR) is 90.0 cm³/mol. The molecule has 1 amide bonds.